The van der Waals surface area contributed by atoms with Crippen LogP contribution in [-0.2, 0) is 16.6 Å². The van der Waals surface area contributed by atoms with Gasteiger partial charge in [0, 0.05) is 46.2 Å². The van der Waals surface area contributed by atoms with Crippen LogP contribution in [0, 0.1) is 0 Å². The highest BCUT2D eigenvalue weighted by atomic mass is 16.5. The van der Waals surface area contributed by atoms with E-state index in [0.717, 1.165) is 25.5 Å². The molecule has 1 aliphatic rings. The zero-order valence-corrected chi connectivity index (χ0v) is 12.6. The van der Waals surface area contributed by atoms with Crippen LogP contribution in [-0.4, -0.2) is 65.2 Å². The lowest BCUT2D eigenvalue weighted by atomic mass is 10.1. The van der Waals surface area contributed by atoms with Gasteiger partial charge in [-0.2, -0.15) is 0 Å². The van der Waals surface area contributed by atoms with Gasteiger partial charge in [-0.25, -0.2) is 4.98 Å². The summed E-state index contributed by atoms with van der Waals surface area (Å²) in [5, 5.41) is 0. The normalized spacial score (nSPS) is 20.4. The van der Waals surface area contributed by atoms with E-state index in [0.29, 0.717) is 19.6 Å². The summed E-state index contributed by atoms with van der Waals surface area (Å²) in [5.41, 5.74) is 0. The summed E-state index contributed by atoms with van der Waals surface area (Å²) in [6.07, 6.45) is 4.22. The van der Waals surface area contributed by atoms with Crippen molar-refractivity contribution >= 4 is 5.91 Å². The molecule has 0 spiro atoms. The third-order valence-corrected chi connectivity index (χ3v) is 3.93. The minimum Gasteiger partial charge on any atom is -0.384 e. The van der Waals surface area contributed by atoms with Gasteiger partial charge in [-0.05, 0) is 6.54 Å². The van der Waals surface area contributed by atoms with E-state index in [1.54, 1.807) is 7.11 Å². The number of methoxy groups -OCH3 is 1. The Morgan fingerprint density at radius 3 is 2.90 bits per heavy atom. The third-order valence-electron chi connectivity index (χ3n) is 3.93. The summed E-state index contributed by atoms with van der Waals surface area (Å²) in [7, 11) is 3.63. The summed E-state index contributed by atoms with van der Waals surface area (Å²) in [6.45, 7) is 6.00. The van der Waals surface area contributed by atoms with E-state index in [-0.39, 0.29) is 11.9 Å². The molecule has 112 valence electrons. The number of aryl methyl sites for hydroxylation is 1. The summed E-state index contributed by atoms with van der Waals surface area (Å²) in [4.78, 5) is 20.9. The maximum atomic E-state index is 12.2. The lowest BCUT2D eigenvalue weighted by molar-refractivity contribution is -0.135. The molecule has 6 heteroatoms. The molecular weight excluding hydrogens is 256 g/mol. The van der Waals surface area contributed by atoms with Crippen molar-refractivity contribution in [3.63, 3.8) is 0 Å². The largest absolute Gasteiger partial charge is 0.384 e. The zero-order chi connectivity index (χ0) is 14.5. The Morgan fingerprint density at radius 1 is 1.50 bits per heavy atom. The Bertz CT molecular complexity index is 446. The number of aromatic nitrogens is 2. The molecule has 20 heavy (non-hydrogen) atoms. The molecule has 1 atom stereocenters. The van der Waals surface area contributed by atoms with Crippen molar-refractivity contribution in [3.8, 4) is 0 Å². The van der Waals surface area contributed by atoms with Crippen LogP contribution >= 0.6 is 0 Å². The molecule has 0 bridgehead atoms. The monoisotopic (exact) mass is 280 g/mol. The Hall–Kier alpha value is -1.40. The average molecular weight is 280 g/mol. The van der Waals surface area contributed by atoms with Gasteiger partial charge in [0.1, 0.15) is 5.82 Å². The molecule has 6 nitrogen and oxygen atoms in total. The Labute approximate surface area is 120 Å². The van der Waals surface area contributed by atoms with Gasteiger partial charge in [0.15, 0.2) is 0 Å². The number of likely N-dealkylation sites (N-methyl/N-ethyl adjacent to an activating group) is 1. The lowest BCUT2D eigenvalue weighted by Crippen LogP contribution is -2.51. The van der Waals surface area contributed by atoms with E-state index in [9.17, 15) is 4.79 Å². The fraction of sp³-hybridized carbons (Fsp3) is 0.714. The number of amides is 1. The predicted octanol–water partition coefficient (Wildman–Crippen LogP) is 0.662. The van der Waals surface area contributed by atoms with Crippen LogP contribution in [0.5, 0.6) is 0 Å². The van der Waals surface area contributed by atoms with E-state index in [4.69, 9.17) is 4.74 Å². The van der Waals surface area contributed by atoms with E-state index >= 15 is 0 Å². The minimum absolute atomic E-state index is 0.168. The average Bonchev–Trinajstić information content (AvgIpc) is 2.90. The van der Waals surface area contributed by atoms with Gasteiger partial charge in [-0.3, -0.25) is 9.69 Å². The highest BCUT2D eigenvalue weighted by Gasteiger charge is 2.31. The molecule has 0 saturated carbocycles. The van der Waals surface area contributed by atoms with Crippen LogP contribution in [0.3, 0.4) is 0 Å². The van der Waals surface area contributed by atoms with E-state index < -0.39 is 0 Å². The number of ether oxygens (including phenoxy) is 1. The minimum atomic E-state index is 0.168. The molecular formula is C14H24N4O2. The highest BCUT2D eigenvalue weighted by molar-refractivity contribution is 5.76. The first-order valence-corrected chi connectivity index (χ1v) is 7.15. The summed E-state index contributed by atoms with van der Waals surface area (Å²) >= 11 is 0. The second-order valence-corrected chi connectivity index (χ2v) is 5.12. The summed E-state index contributed by atoms with van der Waals surface area (Å²) < 4.78 is 7.03. The van der Waals surface area contributed by atoms with Crippen molar-refractivity contribution in [2.24, 2.45) is 7.05 Å². The predicted molar refractivity (Wildman–Crippen MR) is 76.3 cm³/mol. The van der Waals surface area contributed by atoms with Crippen molar-refractivity contribution < 1.29 is 9.53 Å². The molecule has 0 N–H and O–H groups in total. The number of nitrogens with zero attached hydrogens (tertiary/aromatic N) is 4. The topological polar surface area (TPSA) is 50.6 Å². The van der Waals surface area contributed by atoms with Gasteiger partial charge < -0.3 is 14.2 Å². The van der Waals surface area contributed by atoms with Gasteiger partial charge in [-0.15, -0.1) is 0 Å². The SMILES string of the molecule is CCN1CCN(C(=O)CCOC)C[C@H]1c1nccn1C. The Balaban J connectivity index is 2.08. The van der Waals surface area contributed by atoms with Crippen molar-refractivity contribution in [1.29, 1.82) is 0 Å². The molecule has 0 aliphatic carbocycles. The zero-order valence-electron chi connectivity index (χ0n) is 12.6. The van der Waals surface area contributed by atoms with Crippen LogP contribution in [0.25, 0.3) is 0 Å². The fourth-order valence-corrected chi connectivity index (χ4v) is 2.72. The molecule has 0 aromatic carbocycles. The molecule has 1 aromatic heterocycles. The van der Waals surface area contributed by atoms with E-state index in [1.165, 1.54) is 0 Å². The van der Waals surface area contributed by atoms with E-state index in [2.05, 4.69) is 16.8 Å². The second-order valence-electron chi connectivity index (χ2n) is 5.12. The number of carbonyl (C=O) groups is 1. The van der Waals surface area contributed by atoms with Crippen LogP contribution in [0.1, 0.15) is 25.2 Å². The summed E-state index contributed by atoms with van der Waals surface area (Å²) in [5.74, 6) is 1.19. The van der Waals surface area contributed by atoms with Crippen LogP contribution in [0.2, 0.25) is 0 Å². The van der Waals surface area contributed by atoms with Gasteiger partial charge >= 0.3 is 0 Å². The second kappa shape index (κ2) is 6.85. The van der Waals surface area contributed by atoms with Gasteiger partial charge in [-0.1, -0.05) is 6.92 Å². The number of hydrogen-bond donors (Lipinski definition) is 0. The molecule has 1 aromatic rings. The van der Waals surface area contributed by atoms with Crippen molar-refractivity contribution in [2.75, 3.05) is 39.9 Å². The summed E-state index contributed by atoms with van der Waals surface area (Å²) in [6, 6.07) is 0.181. The maximum absolute atomic E-state index is 12.2. The standard InChI is InChI=1S/C14H24N4O2/c1-4-17-8-9-18(13(19)5-10-20-3)11-12(17)14-15-6-7-16(14)2/h6-7,12H,4-5,8-11H2,1-3H3/t12-/m0/s1. The number of imidazole rings is 1. The number of carbonyl (C=O) groups excluding carboxylic acids is 1. The first kappa shape index (κ1) is 15.0. The lowest BCUT2D eigenvalue weighted by Gasteiger charge is -2.40. The van der Waals surface area contributed by atoms with E-state index in [1.807, 2.05) is 28.9 Å². The molecule has 1 aliphatic heterocycles. The first-order chi connectivity index (χ1) is 9.67. The van der Waals surface area contributed by atoms with Crippen LogP contribution in [0.15, 0.2) is 12.4 Å². The van der Waals surface area contributed by atoms with Gasteiger partial charge in [0.2, 0.25) is 5.91 Å². The number of piperazine rings is 1. The molecule has 1 saturated heterocycles. The Morgan fingerprint density at radius 2 is 2.30 bits per heavy atom. The molecule has 0 unspecified atom stereocenters. The van der Waals surface area contributed by atoms with Crippen LogP contribution in [0.4, 0.5) is 0 Å². The third kappa shape index (κ3) is 3.19. The molecule has 1 fully saturated rings. The molecule has 2 rings (SSSR count). The molecule has 2 heterocycles. The maximum Gasteiger partial charge on any atom is 0.224 e. The first-order valence-electron chi connectivity index (χ1n) is 7.15. The molecule has 1 amide bonds. The van der Waals surface area contributed by atoms with Crippen LogP contribution < -0.4 is 0 Å². The fourth-order valence-electron chi connectivity index (χ4n) is 2.72. The van der Waals surface area contributed by atoms with Crippen molar-refractivity contribution in [3.05, 3.63) is 18.2 Å². The van der Waals surface area contributed by atoms with Crippen molar-refractivity contribution in [2.45, 2.75) is 19.4 Å². The van der Waals surface area contributed by atoms with Gasteiger partial charge in [0.25, 0.3) is 0 Å². The quantitative estimate of drug-likeness (QED) is 0.795. The Kier molecular flexibility index (Phi) is 5.14. The number of hydrogen-bond acceptors (Lipinski definition) is 4. The van der Waals surface area contributed by atoms with Crippen molar-refractivity contribution in [1.82, 2.24) is 19.4 Å². The molecule has 0 radical (unpaired) electrons. The number of rotatable bonds is 5. The highest BCUT2D eigenvalue weighted by Crippen LogP contribution is 2.23. The van der Waals surface area contributed by atoms with Gasteiger partial charge in [0.05, 0.1) is 19.1 Å². The smallest absolute Gasteiger partial charge is 0.224 e.